The second-order valence-corrected chi connectivity index (χ2v) is 16.5. The van der Waals surface area contributed by atoms with Crippen molar-refractivity contribution >= 4 is 60.8 Å². The van der Waals surface area contributed by atoms with E-state index in [1.165, 1.54) is 55.2 Å². The van der Waals surface area contributed by atoms with Crippen molar-refractivity contribution in [3.63, 3.8) is 0 Å². The molecule has 0 saturated heterocycles. The Balaban J connectivity index is 1.09. The van der Waals surface area contributed by atoms with Gasteiger partial charge in [0, 0.05) is 49.6 Å². The van der Waals surface area contributed by atoms with E-state index >= 15 is 0 Å². The lowest BCUT2D eigenvalue weighted by atomic mass is 9.82. The minimum atomic E-state index is -0.107. The summed E-state index contributed by atoms with van der Waals surface area (Å²) in [6, 6.07) is 75.0. The van der Waals surface area contributed by atoms with Gasteiger partial charge in [0.1, 0.15) is 11.2 Å². The summed E-state index contributed by atoms with van der Waals surface area (Å²) in [5.74, 6) is 0. The van der Waals surface area contributed by atoms with Crippen LogP contribution in [0.3, 0.4) is 0 Å². The van der Waals surface area contributed by atoms with Crippen molar-refractivity contribution < 1.29 is 4.42 Å². The van der Waals surface area contributed by atoms with Gasteiger partial charge in [-0.2, -0.15) is 0 Å². The summed E-state index contributed by atoms with van der Waals surface area (Å²) in [5, 5.41) is 4.69. The zero-order valence-electron chi connectivity index (χ0n) is 33.4. The molecule has 0 aliphatic heterocycles. The molecule has 0 N–H and O–H groups in total. The molecule has 9 aromatic carbocycles. The van der Waals surface area contributed by atoms with Crippen LogP contribution in [-0.4, -0.2) is 4.57 Å². The van der Waals surface area contributed by atoms with E-state index in [1.807, 2.05) is 12.1 Å². The van der Waals surface area contributed by atoms with E-state index in [1.54, 1.807) is 0 Å². The molecule has 284 valence electrons. The third kappa shape index (κ3) is 5.15. The van der Waals surface area contributed by atoms with Gasteiger partial charge >= 0.3 is 0 Å². The quantitative estimate of drug-likeness (QED) is 0.168. The molecule has 1 aliphatic rings. The van der Waals surface area contributed by atoms with Gasteiger partial charge in [-0.1, -0.05) is 147 Å². The second-order valence-electron chi connectivity index (χ2n) is 16.5. The average Bonchev–Trinajstić information content (AvgIpc) is 3.92. The Bertz CT molecular complexity index is 3480. The van der Waals surface area contributed by atoms with Crippen LogP contribution in [0.1, 0.15) is 25.0 Å². The highest BCUT2D eigenvalue weighted by Gasteiger charge is 2.37. The fraction of sp³-hybridized carbons (Fsp3) is 0.0526. The summed E-state index contributed by atoms with van der Waals surface area (Å²) in [6.45, 7) is 4.71. The SMILES string of the molecule is CC1(C)c2ccccc2-c2c(-c3ccccc3N(c3cccc(-c4ccc5c(c4)oc4ccccc45)c3)c3ccc4c(c3)c3ccccc3n4-c3ccccc3)cccc21. The Morgan fingerprint density at radius 2 is 1.07 bits per heavy atom. The predicted octanol–water partition coefficient (Wildman–Crippen LogP) is 15.8. The van der Waals surface area contributed by atoms with Gasteiger partial charge in [0.2, 0.25) is 0 Å². The van der Waals surface area contributed by atoms with Crippen LogP contribution in [0.15, 0.2) is 211 Å². The first kappa shape index (κ1) is 34.4. The highest BCUT2D eigenvalue weighted by Crippen LogP contribution is 2.54. The molecule has 2 aromatic heterocycles. The number of furan rings is 1. The van der Waals surface area contributed by atoms with Crippen molar-refractivity contribution in [2.45, 2.75) is 19.3 Å². The van der Waals surface area contributed by atoms with Gasteiger partial charge < -0.3 is 13.9 Å². The lowest BCUT2D eigenvalue weighted by Crippen LogP contribution is -2.15. The zero-order chi connectivity index (χ0) is 40.0. The number of anilines is 3. The highest BCUT2D eigenvalue weighted by atomic mass is 16.3. The molecule has 60 heavy (non-hydrogen) atoms. The third-order valence-corrected chi connectivity index (χ3v) is 12.8. The van der Waals surface area contributed by atoms with Gasteiger partial charge in [-0.15, -0.1) is 0 Å². The van der Waals surface area contributed by atoms with Crippen molar-refractivity contribution in [1.82, 2.24) is 4.57 Å². The smallest absolute Gasteiger partial charge is 0.136 e. The van der Waals surface area contributed by atoms with Crippen LogP contribution in [-0.2, 0) is 5.41 Å². The lowest BCUT2D eigenvalue weighted by Gasteiger charge is -2.29. The maximum Gasteiger partial charge on any atom is 0.136 e. The molecule has 0 bridgehead atoms. The Labute approximate surface area is 349 Å². The van der Waals surface area contributed by atoms with E-state index in [9.17, 15) is 0 Å². The summed E-state index contributed by atoms with van der Waals surface area (Å²) < 4.78 is 8.75. The number of fused-ring (bicyclic) bond motifs is 9. The summed E-state index contributed by atoms with van der Waals surface area (Å²) in [5.41, 5.74) is 18.5. The number of nitrogens with zero attached hydrogens (tertiary/aromatic N) is 2. The molecule has 1 aliphatic carbocycles. The lowest BCUT2D eigenvalue weighted by molar-refractivity contribution is 0.660. The topological polar surface area (TPSA) is 21.3 Å². The van der Waals surface area contributed by atoms with Crippen molar-refractivity contribution in [2.24, 2.45) is 0 Å². The van der Waals surface area contributed by atoms with Gasteiger partial charge in [0.25, 0.3) is 0 Å². The van der Waals surface area contributed by atoms with E-state index in [0.717, 1.165) is 55.8 Å². The first-order valence-electron chi connectivity index (χ1n) is 20.8. The van der Waals surface area contributed by atoms with Gasteiger partial charge in [-0.05, 0) is 112 Å². The van der Waals surface area contributed by atoms with Crippen LogP contribution in [0.25, 0.3) is 82.8 Å². The minimum Gasteiger partial charge on any atom is -0.456 e. The van der Waals surface area contributed by atoms with Gasteiger partial charge in [0.15, 0.2) is 0 Å². The first-order valence-corrected chi connectivity index (χ1v) is 20.8. The molecule has 0 spiro atoms. The van der Waals surface area contributed by atoms with Gasteiger partial charge in [-0.25, -0.2) is 0 Å². The maximum atomic E-state index is 6.37. The number of hydrogen-bond donors (Lipinski definition) is 0. The number of rotatable bonds is 6. The number of hydrogen-bond acceptors (Lipinski definition) is 2. The van der Waals surface area contributed by atoms with E-state index in [2.05, 4.69) is 217 Å². The molecule has 0 saturated carbocycles. The summed E-state index contributed by atoms with van der Waals surface area (Å²) >= 11 is 0. The van der Waals surface area contributed by atoms with Crippen molar-refractivity contribution in [1.29, 1.82) is 0 Å². The Kier molecular flexibility index (Phi) is 7.58. The molecule has 11 aromatic rings. The molecule has 12 rings (SSSR count). The average molecular weight is 769 g/mol. The second kappa shape index (κ2) is 13.2. The largest absolute Gasteiger partial charge is 0.456 e. The van der Waals surface area contributed by atoms with E-state index in [-0.39, 0.29) is 5.41 Å². The minimum absolute atomic E-state index is 0.107. The van der Waals surface area contributed by atoms with E-state index < -0.39 is 0 Å². The molecular weight excluding hydrogens is 729 g/mol. The molecule has 0 radical (unpaired) electrons. The standard InChI is InChI=1S/C57H40N2O/c1-57(2)49-25-10-6-23-47(49)56-46(24-15-26-50(56)57)42-20-7-11-27-51(42)58(40-19-14-16-37(34-40)38-30-32-45-44-22-9-13-29-54(44)60-55(45)35-38)41-31-33-53-48(36-41)43-21-8-12-28-52(43)59(53)39-17-4-3-5-18-39/h3-36H,1-2H3. The molecule has 0 atom stereocenters. The molecule has 3 heteroatoms. The normalized spacial score (nSPS) is 13.0. The van der Waals surface area contributed by atoms with Crippen LogP contribution >= 0.6 is 0 Å². The summed E-state index contributed by atoms with van der Waals surface area (Å²) in [6.07, 6.45) is 0. The van der Waals surface area contributed by atoms with Crippen LogP contribution < -0.4 is 4.90 Å². The Morgan fingerprint density at radius 1 is 0.417 bits per heavy atom. The van der Waals surface area contributed by atoms with Gasteiger partial charge in [0.05, 0.1) is 16.7 Å². The fourth-order valence-electron chi connectivity index (χ4n) is 9.99. The number of aromatic nitrogens is 1. The maximum absolute atomic E-state index is 6.37. The van der Waals surface area contributed by atoms with Crippen LogP contribution in [0.4, 0.5) is 17.1 Å². The van der Waals surface area contributed by atoms with Gasteiger partial charge in [-0.3, -0.25) is 0 Å². The van der Waals surface area contributed by atoms with Crippen LogP contribution in [0, 0.1) is 0 Å². The van der Waals surface area contributed by atoms with Crippen molar-refractivity contribution in [2.75, 3.05) is 4.90 Å². The van der Waals surface area contributed by atoms with E-state index in [4.69, 9.17) is 4.42 Å². The molecule has 0 fully saturated rings. The predicted molar refractivity (Wildman–Crippen MR) is 251 cm³/mol. The zero-order valence-corrected chi connectivity index (χ0v) is 33.4. The number of para-hydroxylation sites is 4. The van der Waals surface area contributed by atoms with E-state index in [0.29, 0.717) is 0 Å². The summed E-state index contributed by atoms with van der Waals surface area (Å²) in [7, 11) is 0. The Morgan fingerprint density at radius 3 is 1.97 bits per heavy atom. The molecule has 2 heterocycles. The van der Waals surface area contributed by atoms with Crippen molar-refractivity contribution in [3.8, 4) is 39.1 Å². The highest BCUT2D eigenvalue weighted by molar-refractivity contribution is 6.11. The molecule has 0 amide bonds. The third-order valence-electron chi connectivity index (χ3n) is 12.8. The Hall–Kier alpha value is -7.62. The summed E-state index contributed by atoms with van der Waals surface area (Å²) in [4.78, 5) is 2.46. The fourth-order valence-corrected chi connectivity index (χ4v) is 9.99. The molecular formula is C57H40N2O. The van der Waals surface area contributed by atoms with Crippen LogP contribution in [0.5, 0.6) is 0 Å². The van der Waals surface area contributed by atoms with Crippen LogP contribution in [0.2, 0.25) is 0 Å². The number of benzene rings is 9. The molecule has 0 unspecified atom stereocenters. The molecule has 3 nitrogen and oxygen atoms in total. The van der Waals surface area contributed by atoms with Crippen molar-refractivity contribution in [3.05, 3.63) is 217 Å². The monoisotopic (exact) mass is 768 g/mol. The first-order chi connectivity index (χ1) is 29.5.